The van der Waals surface area contributed by atoms with Crippen molar-refractivity contribution in [3.63, 3.8) is 0 Å². The molecule has 0 saturated carbocycles. The molecule has 158 valence electrons. The molecule has 0 aliphatic carbocycles. The second kappa shape index (κ2) is 8.06. The Bertz CT molecular complexity index is 1010. The molecule has 0 aliphatic heterocycles. The molecule has 0 saturated heterocycles. The Hall–Kier alpha value is -2.55. The number of amides is 1. The fraction of sp³-hybridized carbons (Fsp3) is 0.350. The van der Waals surface area contributed by atoms with Crippen LogP contribution in [-0.4, -0.2) is 32.7 Å². The fourth-order valence-corrected chi connectivity index (χ4v) is 4.07. The lowest BCUT2D eigenvalue weighted by Gasteiger charge is -2.26. The first-order valence-electron chi connectivity index (χ1n) is 8.64. The summed E-state index contributed by atoms with van der Waals surface area (Å²) < 4.78 is 68.2. The SMILES string of the molecule is COc1cc(C)ccc1C(=O)NCC(C)(C)S(=O)(=O)c1cccc(C(F)(F)F)c1. The largest absolute Gasteiger partial charge is 0.496 e. The van der Waals surface area contributed by atoms with E-state index in [0.717, 1.165) is 23.8 Å². The van der Waals surface area contributed by atoms with E-state index in [9.17, 15) is 26.4 Å². The average molecular weight is 429 g/mol. The molecule has 9 heteroatoms. The van der Waals surface area contributed by atoms with Crippen LogP contribution < -0.4 is 10.1 Å². The van der Waals surface area contributed by atoms with Crippen molar-refractivity contribution in [2.24, 2.45) is 0 Å². The van der Waals surface area contributed by atoms with Gasteiger partial charge in [-0.2, -0.15) is 13.2 Å². The van der Waals surface area contributed by atoms with Gasteiger partial charge in [0.05, 0.1) is 27.9 Å². The molecule has 0 radical (unpaired) electrons. The number of aryl methyl sites for hydroxylation is 1. The van der Waals surface area contributed by atoms with Gasteiger partial charge in [-0.3, -0.25) is 4.79 Å². The van der Waals surface area contributed by atoms with Crippen LogP contribution in [0, 0.1) is 6.92 Å². The number of ether oxygens (including phenoxy) is 1. The molecule has 1 N–H and O–H groups in total. The maximum atomic E-state index is 12.9. The summed E-state index contributed by atoms with van der Waals surface area (Å²) in [7, 11) is -2.76. The fourth-order valence-electron chi connectivity index (χ4n) is 2.63. The van der Waals surface area contributed by atoms with Crippen molar-refractivity contribution in [3.05, 3.63) is 59.2 Å². The molecule has 0 bridgehead atoms. The smallest absolute Gasteiger partial charge is 0.416 e. The van der Waals surface area contributed by atoms with Gasteiger partial charge >= 0.3 is 6.18 Å². The Balaban J connectivity index is 2.26. The van der Waals surface area contributed by atoms with Crippen LogP contribution in [0.3, 0.4) is 0 Å². The zero-order valence-electron chi connectivity index (χ0n) is 16.4. The van der Waals surface area contributed by atoms with E-state index in [-0.39, 0.29) is 12.1 Å². The third-order valence-corrected chi connectivity index (χ3v) is 6.95. The summed E-state index contributed by atoms with van der Waals surface area (Å²) >= 11 is 0. The van der Waals surface area contributed by atoms with E-state index in [2.05, 4.69) is 5.32 Å². The standard InChI is InChI=1S/C20H22F3NO4S/c1-13-8-9-16(17(10-13)28-4)18(25)24-12-19(2,3)29(26,27)15-7-5-6-14(11-15)20(21,22)23/h5-11H,12H2,1-4H3,(H,24,25). The summed E-state index contributed by atoms with van der Waals surface area (Å²) in [6.45, 7) is 4.21. The third-order valence-electron chi connectivity index (χ3n) is 4.48. The van der Waals surface area contributed by atoms with Gasteiger partial charge in [0.15, 0.2) is 9.84 Å². The number of alkyl halides is 3. The lowest BCUT2D eigenvalue weighted by molar-refractivity contribution is -0.137. The first kappa shape index (κ1) is 22.7. The molecular formula is C20H22F3NO4S. The quantitative estimate of drug-likeness (QED) is 0.753. The number of hydrogen-bond acceptors (Lipinski definition) is 4. The minimum atomic E-state index is -4.66. The van der Waals surface area contributed by atoms with Gasteiger partial charge in [0, 0.05) is 6.54 Å². The Labute approximate surface area is 167 Å². The van der Waals surface area contributed by atoms with Gasteiger partial charge in [-0.1, -0.05) is 12.1 Å². The second-order valence-corrected chi connectivity index (χ2v) is 9.76. The van der Waals surface area contributed by atoms with E-state index in [4.69, 9.17) is 4.74 Å². The van der Waals surface area contributed by atoms with Gasteiger partial charge in [0.25, 0.3) is 5.91 Å². The molecular weight excluding hydrogens is 407 g/mol. The van der Waals surface area contributed by atoms with Crippen LogP contribution in [0.2, 0.25) is 0 Å². The number of carbonyl (C=O) groups is 1. The van der Waals surface area contributed by atoms with E-state index in [1.807, 2.05) is 6.92 Å². The molecule has 0 fully saturated rings. The van der Waals surface area contributed by atoms with Crippen molar-refractivity contribution >= 4 is 15.7 Å². The second-order valence-electron chi connectivity index (χ2n) is 7.18. The molecule has 5 nitrogen and oxygen atoms in total. The summed E-state index contributed by atoms with van der Waals surface area (Å²) in [5.41, 5.74) is 0.0547. The Morgan fingerprint density at radius 3 is 2.34 bits per heavy atom. The third kappa shape index (κ3) is 4.90. The number of sulfone groups is 1. The minimum absolute atomic E-state index is 0.227. The predicted octanol–water partition coefficient (Wildman–Crippen LogP) is 4.00. The van der Waals surface area contributed by atoms with Crippen molar-refractivity contribution < 1.29 is 31.1 Å². The average Bonchev–Trinajstić information content (AvgIpc) is 2.65. The molecule has 2 rings (SSSR count). The van der Waals surface area contributed by atoms with E-state index in [0.29, 0.717) is 11.8 Å². The molecule has 0 aliphatic rings. The van der Waals surface area contributed by atoms with Gasteiger partial charge < -0.3 is 10.1 Å². The molecule has 0 aromatic heterocycles. The van der Waals surface area contributed by atoms with Crippen molar-refractivity contribution in [1.29, 1.82) is 0 Å². The van der Waals surface area contributed by atoms with Gasteiger partial charge in [0.2, 0.25) is 0 Å². The molecule has 1 amide bonds. The zero-order valence-corrected chi connectivity index (χ0v) is 17.2. The lowest BCUT2D eigenvalue weighted by atomic mass is 10.1. The first-order valence-corrected chi connectivity index (χ1v) is 10.1. The first-order chi connectivity index (χ1) is 13.3. The monoisotopic (exact) mass is 429 g/mol. The van der Waals surface area contributed by atoms with Crippen LogP contribution in [0.15, 0.2) is 47.4 Å². The minimum Gasteiger partial charge on any atom is -0.496 e. The maximum absolute atomic E-state index is 12.9. The van der Waals surface area contributed by atoms with Crippen LogP contribution in [0.25, 0.3) is 0 Å². The van der Waals surface area contributed by atoms with E-state index < -0.39 is 37.1 Å². The van der Waals surface area contributed by atoms with E-state index in [1.54, 1.807) is 18.2 Å². The van der Waals surface area contributed by atoms with Gasteiger partial charge in [-0.25, -0.2) is 8.42 Å². The highest BCUT2D eigenvalue weighted by Crippen LogP contribution is 2.33. The lowest BCUT2D eigenvalue weighted by Crippen LogP contribution is -2.44. The van der Waals surface area contributed by atoms with Crippen LogP contribution in [-0.2, 0) is 16.0 Å². The summed E-state index contributed by atoms with van der Waals surface area (Å²) in [4.78, 5) is 12.0. The van der Waals surface area contributed by atoms with Crippen LogP contribution >= 0.6 is 0 Å². The summed E-state index contributed by atoms with van der Waals surface area (Å²) in [5.74, 6) is -0.213. The van der Waals surface area contributed by atoms with Crippen molar-refractivity contribution in [2.75, 3.05) is 13.7 Å². The predicted molar refractivity (Wildman–Crippen MR) is 103 cm³/mol. The summed E-state index contributed by atoms with van der Waals surface area (Å²) in [6, 6.07) is 8.48. The molecule has 2 aromatic carbocycles. The van der Waals surface area contributed by atoms with Crippen molar-refractivity contribution in [1.82, 2.24) is 5.32 Å². The number of hydrogen-bond donors (Lipinski definition) is 1. The Morgan fingerprint density at radius 2 is 1.76 bits per heavy atom. The van der Waals surface area contributed by atoms with Gasteiger partial charge in [0.1, 0.15) is 5.75 Å². The molecule has 0 unspecified atom stereocenters. The number of nitrogens with one attached hydrogen (secondary N) is 1. The number of carbonyl (C=O) groups excluding carboxylic acids is 1. The van der Waals surface area contributed by atoms with Crippen LogP contribution in [0.1, 0.15) is 35.3 Å². The van der Waals surface area contributed by atoms with Crippen LogP contribution in [0.4, 0.5) is 13.2 Å². The number of rotatable bonds is 6. The highest BCUT2D eigenvalue weighted by molar-refractivity contribution is 7.92. The molecule has 0 atom stereocenters. The number of benzene rings is 2. The summed E-state index contributed by atoms with van der Waals surface area (Å²) in [6.07, 6.45) is -4.66. The maximum Gasteiger partial charge on any atom is 0.416 e. The highest BCUT2D eigenvalue weighted by atomic mass is 32.2. The highest BCUT2D eigenvalue weighted by Gasteiger charge is 2.38. The van der Waals surface area contributed by atoms with Crippen LogP contribution in [0.5, 0.6) is 5.75 Å². The van der Waals surface area contributed by atoms with E-state index in [1.165, 1.54) is 21.0 Å². The molecule has 2 aromatic rings. The topological polar surface area (TPSA) is 72.5 Å². The van der Waals surface area contributed by atoms with E-state index >= 15 is 0 Å². The zero-order chi connectivity index (χ0) is 22.0. The Morgan fingerprint density at radius 1 is 1.10 bits per heavy atom. The molecule has 29 heavy (non-hydrogen) atoms. The summed E-state index contributed by atoms with van der Waals surface area (Å²) in [5, 5.41) is 2.53. The van der Waals surface area contributed by atoms with Crippen molar-refractivity contribution in [3.8, 4) is 5.75 Å². The number of methoxy groups -OCH3 is 1. The Kier molecular flexibility index (Phi) is 6.32. The normalized spacial score (nSPS) is 12.5. The molecule has 0 heterocycles. The number of halogens is 3. The van der Waals surface area contributed by atoms with Gasteiger partial charge in [-0.15, -0.1) is 0 Å². The van der Waals surface area contributed by atoms with Gasteiger partial charge in [-0.05, 0) is 56.7 Å². The molecule has 0 spiro atoms. The van der Waals surface area contributed by atoms with Crippen molar-refractivity contribution in [2.45, 2.75) is 36.6 Å².